The summed E-state index contributed by atoms with van der Waals surface area (Å²) in [5, 5.41) is 4.97. The predicted octanol–water partition coefficient (Wildman–Crippen LogP) is 5.20. The molecule has 1 aliphatic rings. The number of piperazine rings is 1. The van der Waals surface area contributed by atoms with E-state index in [9.17, 15) is 4.79 Å². The van der Waals surface area contributed by atoms with Crippen molar-refractivity contribution in [1.82, 2.24) is 14.3 Å². The van der Waals surface area contributed by atoms with E-state index in [1.54, 1.807) is 23.7 Å². The summed E-state index contributed by atoms with van der Waals surface area (Å²) in [6.07, 6.45) is 1.09. The summed E-state index contributed by atoms with van der Waals surface area (Å²) in [7, 11) is 0. The van der Waals surface area contributed by atoms with Gasteiger partial charge in [-0.1, -0.05) is 35.9 Å². The first-order valence-electron chi connectivity index (χ1n) is 11.9. The van der Waals surface area contributed by atoms with Crippen molar-refractivity contribution >= 4 is 50.6 Å². The highest BCUT2D eigenvalue weighted by Crippen LogP contribution is 2.30. The topological polar surface area (TPSA) is 61.4 Å². The smallest absolute Gasteiger partial charge is 0.228 e. The Hall–Kier alpha value is -3.00. The van der Waals surface area contributed by atoms with Crippen molar-refractivity contribution in [2.75, 3.05) is 42.9 Å². The average Bonchev–Trinajstić information content (AvgIpc) is 3.30. The molecule has 5 rings (SSSR count). The lowest BCUT2D eigenvalue weighted by molar-refractivity contribution is -0.115. The minimum atomic E-state index is -0.0525. The molecular weight excluding hydrogens is 478 g/mol. The van der Waals surface area contributed by atoms with Crippen LogP contribution in [0.5, 0.6) is 0 Å². The zero-order valence-electron chi connectivity index (χ0n) is 19.7. The number of carbonyl (C=O) groups is 1. The second kappa shape index (κ2) is 10.7. The van der Waals surface area contributed by atoms with Gasteiger partial charge in [0.1, 0.15) is 5.82 Å². The van der Waals surface area contributed by atoms with Crippen molar-refractivity contribution in [3.05, 3.63) is 82.6 Å². The number of benzene rings is 2. The molecule has 0 aliphatic carbocycles. The van der Waals surface area contributed by atoms with Crippen molar-refractivity contribution in [1.29, 1.82) is 0 Å². The average molecular weight is 506 g/mol. The molecule has 2 aromatic carbocycles. The second-order valence-corrected chi connectivity index (χ2v) is 10.1. The van der Waals surface area contributed by atoms with Crippen LogP contribution in [-0.4, -0.2) is 52.9 Å². The number of anilines is 2. The van der Waals surface area contributed by atoms with E-state index in [0.29, 0.717) is 11.4 Å². The van der Waals surface area contributed by atoms with Gasteiger partial charge in [-0.25, -0.2) is 0 Å². The fourth-order valence-corrected chi connectivity index (χ4v) is 5.37. The number of fused-ring (bicyclic) bond motifs is 1. The summed E-state index contributed by atoms with van der Waals surface area (Å²) in [4.78, 5) is 22.3. The van der Waals surface area contributed by atoms with Crippen LogP contribution >= 0.6 is 23.1 Å². The van der Waals surface area contributed by atoms with Crippen LogP contribution in [0.15, 0.2) is 60.7 Å². The van der Waals surface area contributed by atoms with E-state index in [1.165, 1.54) is 10.1 Å². The molecule has 0 spiro atoms. The number of carbonyl (C=O) groups excluding carboxylic acids is 1. The Morgan fingerprint density at radius 3 is 2.60 bits per heavy atom. The lowest BCUT2D eigenvalue weighted by Gasteiger charge is -2.35. The number of hydrogen-bond donors (Lipinski definition) is 1. The van der Waals surface area contributed by atoms with Gasteiger partial charge < -0.3 is 10.2 Å². The Kier molecular flexibility index (Phi) is 7.27. The maximum absolute atomic E-state index is 12.7. The van der Waals surface area contributed by atoms with Crippen LogP contribution in [0.3, 0.4) is 0 Å². The molecule has 1 saturated heterocycles. The van der Waals surface area contributed by atoms with Crippen LogP contribution in [0.2, 0.25) is 5.02 Å². The largest absolute Gasteiger partial charge is 0.353 e. The van der Waals surface area contributed by atoms with Crippen LogP contribution in [0.4, 0.5) is 11.5 Å². The highest BCUT2D eigenvalue weighted by molar-refractivity contribution is 7.13. The molecule has 180 valence electrons. The highest BCUT2D eigenvalue weighted by Gasteiger charge is 2.21. The molecule has 1 amide bonds. The zero-order valence-corrected chi connectivity index (χ0v) is 21.3. The molecule has 8 heteroatoms. The van der Waals surface area contributed by atoms with E-state index in [2.05, 4.69) is 39.4 Å². The normalized spacial score (nSPS) is 14.4. The van der Waals surface area contributed by atoms with Crippen molar-refractivity contribution in [3.8, 4) is 0 Å². The highest BCUT2D eigenvalue weighted by atomic mass is 35.5. The Morgan fingerprint density at radius 1 is 1.03 bits per heavy atom. The summed E-state index contributed by atoms with van der Waals surface area (Å²) >= 11 is 7.52. The van der Waals surface area contributed by atoms with Gasteiger partial charge in [0.2, 0.25) is 5.91 Å². The fourth-order valence-electron chi connectivity index (χ4n) is 4.44. The van der Waals surface area contributed by atoms with Crippen molar-refractivity contribution in [2.45, 2.75) is 19.8 Å². The van der Waals surface area contributed by atoms with E-state index in [0.717, 1.165) is 67.6 Å². The Bertz CT molecular complexity index is 1310. The van der Waals surface area contributed by atoms with E-state index >= 15 is 0 Å². The van der Waals surface area contributed by atoms with Gasteiger partial charge in [-0.2, -0.15) is 4.37 Å². The number of hydrogen-bond acceptors (Lipinski definition) is 6. The molecule has 1 N–H and O–H groups in total. The number of pyridine rings is 1. The van der Waals surface area contributed by atoms with E-state index in [4.69, 9.17) is 21.0 Å². The molecule has 0 atom stereocenters. The number of nitrogens with one attached hydrogen (secondary N) is 1. The van der Waals surface area contributed by atoms with E-state index < -0.39 is 0 Å². The number of aromatic nitrogens is 2. The summed E-state index contributed by atoms with van der Waals surface area (Å²) < 4.78 is 5.95. The van der Waals surface area contributed by atoms with Crippen LogP contribution in [0, 0.1) is 6.92 Å². The molecular formula is C27H28ClN5OS. The molecule has 0 radical (unpaired) electrons. The summed E-state index contributed by atoms with van der Waals surface area (Å²) in [5.74, 6) is 1.06. The molecule has 1 aliphatic heterocycles. The van der Waals surface area contributed by atoms with Gasteiger partial charge in [0, 0.05) is 55.2 Å². The standard InChI is InChI=1S/C27H28ClN5OS/c1-19-6-11-23(30-26(34)18-20-7-9-21(28)10-8-20)24(29-19)12-13-32-14-16-33(17-15-32)27-22-4-2-3-5-25(22)35-31-27/h2-11H,12-18H2,1H3,(H,30,34). The summed E-state index contributed by atoms with van der Waals surface area (Å²) in [6.45, 7) is 6.77. The number of amides is 1. The third-order valence-electron chi connectivity index (χ3n) is 6.36. The Balaban J connectivity index is 1.17. The molecule has 4 aromatic rings. The molecule has 35 heavy (non-hydrogen) atoms. The van der Waals surface area contributed by atoms with E-state index in [-0.39, 0.29) is 5.91 Å². The molecule has 2 aromatic heterocycles. The summed E-state index contributed by atoms with van der Waals surface area (Å²) in [5.41, 5.74) is 3.61. The van der Waals surface area contributed by atoms with E-state index in [1.807, 2.05) is 31.2 Å². The minimum Gasteiger partial charge on any atom is -0.353 e. The summed E-state index contributed by atoms with van der Waals surface area (Å²) in [6, 6.07) is 19.7. The molecule has 6 nitrogen and oxygen atoms in total. The molecule has 1 fully saturated rings. The minimum absolute atomic E-state index is 0.0525. The number of nitrogens with zero attached hydrogens (tertiary/aromatic N) is 4. The SMILES string of the molecule is Cc1ccc(NC(=O)Cc2ccc(Cl)cc2)c(CCN2CCN(c3nsc4ccccc34)CC2)n1. The molecule has 0 saturated carbocycles. The third-order valence-corrected chi connectivity index (χ3v) is 7.43. The van der Waals surface area contributed by atoms with Crippen molar-refractivity contribution < 1.29 is 4.79 Å². The first kappa shape index (κ1) is 23.7. The first-order chi connectivity index (χ1) is 17.0. The predicted molar refractivity (Wildman–Crippen MR) is 145 cm³/mol. The maximum Gasteiger partial charge on any atom is 0.228 e. The number of halogens is 1. The van der Waals surface area contributed by atoms with Crippen molar-refractivity contribution in [3.63, 3.8) is 0 Å². The molecule has 0 unspecified atom stereocenters. The van der Waals surface area contributed by atoms with Gasteiger partial charge in [0.05, 0.1) is 22.5 Å². The monoisotopic (exact) mass is 505 g/mol. The number of rotatable bonds is 7. The quantitative estimate of drug-likeness (QED) is 0.374. The Labute approximate surface area is 214 Å². The van der Waals surface area contributed by atoms with Crippen LogP contribution in [-0.2, 0) is 17.6 Å². The van der Waals surface area contributed by atoms with Gasteiger partial charge in [-0.3, -0.25) is 14.7 Å². The lowest BCUT2D eigenvalue weighted by atomic mass is 10.1. The maximum atomic E-state index is 12.7. The van der Waals surface area contributed by atoms with Gasteiger partial charge in [-0.05, 0) is 60.4 Å². The number of aryl methyl sites for hydroxylation is 1. The third kappa shape index (κ3) is 5.81. The van der Waals surface area contributed by atoms with Crippen molar-refractivity contribution in [2.24, 2.45) is 0 Å². The first-order valence-corrected chi connectivity index (χ1v) is 13.0. The fraction of sp³-hybridized carbons (Fsp3) is 0.296. The molecule has 0 bridgehead atoms. The van der Waals surface area contributed by atoms with Crippen LogP contribution in [0.1, 0.15) is 17.0 Å². The zero-order chi connectivity index (χ0) is 24.2. The second-order valence-electron chi connectivity index (χ2n) is 8.88. The van der Waals surface area contributed by atoms with Gasteiger partial charge in [-0.15, -0.1) is 0 Å². The van der Waals surface area contributed by atoms with Gasteiger partial charge in [0.25, 0.3) is 0 Å². The van der Waals surface area contributed by atoms with Gasteiger partial charge >= 0.3 is 0 Å². The van der Waals surface area contributed by atoms with Crippen LogP contribution in [0.25, 0.3) is 10.1 Å². The molecule has 3 heterocycles. The lowest BCUT2D eigenvalue weighted by Crippen LogP contribution is -2.47. The van der Waals surface area contributed by atoms with Gasteiger partial charge in [0.15, 0.2) is 0 Å². The van der Waals surface area contributed by atoms with Crippen LogP contribution < -0.4 is 10.2 Å². The Morgan fingerprint density at radius 2 is 1.80 bits per heavy atom.